The lowest BCUT2D eigenvalue weighted by Gasteiger charge is -2.26. The lowest BCUT2D eigenvalue weighted by molar-refractivity contribution is -0.161. The summed E-state index contributed by atoms with van der Waals surface area (Å²) in [4.78, 5) is 10.5. The molecule has 0 saturated carbocycles. The number of hydrogen-bond acceptors (Lipinski definition) is 3. The molecular formula is C8H14O4. The Kier molecular flexibility index (Phi) is 3.49. The summed E-state index contributed by atoms with van der Waals surface area (Å²) < 4.78 is 10.2. The molecule has 1 rings (SSSR count). The van der Waals surface area contributed by atoms with E-state index >= 15 is 0 Å². The normalized spacial score (nSPS) is 30.1. The van der Waals surface area contributed by atoms with Gasteiger partial charge in [0.1, 0.15) is 0 Å². The van der Waals surface area contributed by atoms with Crippen LogP contribution in [0.25, 0.3) is 0 Å². The third kappa shape index (κ3) is 2.46. The van der Waals surface area contributed by atoms with Crippen molar-refractivity contribution in [2.45, 2.75) is 31.5 Å². The molecule has 0 aliphatic carbocycles. The fourth-order valence-electron chi connectivity index (χ4n) is 1.39. The van der Waals surface area contributed by atoms with Crippen LogP contribution in [0, 0.1) is 0 Å². The Morgan fingerprint density at radius 3 is 3.00 bits per heavy atom. The van der Waals surface area contributed by atoms with Gasteiger partial charge in [-0.15, -0.1) is 0 Å². The number of carbonyl (C=O) groups is 1. The maximum Gasteiger partial charge on any atom is 0.332 e. The second-order valence-electron chi connectivity index (χ2n) is 2.97. The molecule has 2 atom stereocenters. The molecule has 0 aromatic carbocycles. The number of rotatable bonds is 3. The van der Waals surface area contributed by atoms with Gasteiger partial charge in [0, 0.05) is 7.11 Å². The lowest BCUT2D eigenvalue weighted by Crippen LogP contribution is -2.35. The van der Waals surface area contributed by atoms with Crippen LogP contribution in [0.2, 0.25) is 0 Å². The molecule has 1 N–H and O–H groups in total. The Bertz CT molecular complexity index is 155. The van der Waals surface area contributed by atoms with Crippen LogP contribution in [0.1, 0.15) is 19.3 Å². The van der Waals surface area contributed by atoms with Crippen molar-refractivity contribution in [3.8, 4) is 0 Å². The minimum absolute atomic E-state index is 0.0372. The van der Waals surface area contributed by atoms with Crippen molar-refractivity contribution in [1.82, 2.24) is 0 Å². The average molecular weight is 174 g/mol. The van der Waals surface area contributed by atoms with Crippen LogP contribution in [0.4, 0.5) is 0 Å². The Labute approximate surface area is 71.5 Å². The summed E-state index contributed by atoms with van der Waals surface area (Å²) in [5.74, 6) is -0.865. The first-order chi connectivity index (χ1) is 5.74. The van der Waals surface area contributed by atoms with Crippen LogP contribution in [0.5, 0.6) is 0 Å². The maximum atomic E-state index is 10.5. The van der Waals surface area contributed by atoms with Crippen LogP contribution < -0.4 is 0 Å². The minimum Gasteiger partial charge on any atom is -0.479 e. The standard InChI is InChI=1S/C8H14O4/c1-11-5-6-3-2-4-7(12-6)8(9)10/h6-7H,2-5H2,1H3,(H,9,10). The zero-order chi connectivity index (χ0) is 8.97. The van der Waals surface area contributed by atoms with Crippen molar-refractivity contribution in [2.75, 3.05) is 13.7 Å². The zero-order valence-corrected chi connectivity index (χ0v) is 7.16. The molecule has 1 heterocycles. The summed E-state index contributed by atoms with van der Waals surface area (Å²) in [7, 11) is 1.59. The summed E-state index contributed by atoms with van der Waals surface area (Å²) in [6.45, 7) is 0.490. The van der Waals surface area contributed by atoms with Crippen LogP contribution in [-0.2, 0) is 14.3 Å². The Hall–Kier alpha value is -0.610. The fourth-order valence-corrected chi connectivity index (χ4v) is 1.39. The molecule has 0 aromatic heterocycles. The average Bonchev–Trinajstić information content (AvgIpc) is 2.05. The Balaban J connectivity index is 2.35. The van der Waals surface area contributed by atoms with E-state index in [0.717, 1.165) is 12.8 Å². The zero-order valence-electron chi connectivity index (χ0n) is 7.16. The molecule has 1 fully saturated rings. The van der Waals surface area contributed by atoms with Crippen molar-refractivity contribution in [3.63, 3.8) is 0 Å². The second-order valence-corrected chi connectivity index (χ2v) is 2.97. The van der Waals surface area contributed by atoms with Gasteiger partial charge in [-0.25, -0.2) is 4.79 Å². The Morgan fingerprint density at radius 1 is 1.67 bits per heavy atom. The molecule has 4 nitrogen and oxygen atoms in total. The number of carboxylic acid groups (broad SMARTS) is 1. The highest BCUT2D eigenvalue weighted by molar-refractivity contribution is 5.72. The highest BCUT2D eigenvalue weighted by atomic mass is 16.5. The highest BCUT2D eigenvalue weighted by Crippen LogP contribution is 2.19. The van der Waals surface area contributed by atoms with Crippen LogP contribution in [0.3, 0.4) is 0 Å². The molecular weight excluding hydrogens is 160 g/mol. The third-order valence-electron chi connectivity index (χ3n) is 1.98. The van der Waals surface area contributed by atoms with Crippen molar-refractivity contribution in [1.29, 1.82) is 0 Å². The van der Waals surface area contributed by atoms with Gasteiger partial charge in [0.25, 0.3) is 0 Å². The van der Waals surface area contributed by atoms with Crippen molar-refractivity contribution in [2.24, 2.45) is 0 Å². The molecule has 1 aliphatic rings. The highest BCUT2D eigenvalue weighted by Gasteiger charge is 2.27. The van der Waals surface area contributed by atoms with E-state index in [1.165, 1.54) is 0 Å². The molecule has 0 radical (unpaired) electrons. The van der Waals surface area contributed by atoms with E-state index in [-0.39, 0.29) is 6.10 Å². The smallest absolute Gasteiger partial charge is 0.332 e. The molecule has 12 heavy (non-hydrogen) atoms. The van der Waals surface area contributed by atoms with Crippen molar-refractivity contribution >= 4 is 5.97 Å². The van der Waals surface area contributed by atoms with Crippen LogP contribution >= 0.6 is 0 Å². The van der Waals surface area contributed by atoms with Gasteiger partial charge in [-0.2, -0.15) is 0 Å². The predicted molar refractivity (Wildman–Crippen MR) is 42.0 cm³/mol. The van der Waals surface area contributed by atoms with Gasteiger partial charge in [0.2, 0.25) is 0 Å². The number of carboxylic acids is 1. The molecule has 70 valence electrons. The first kappa shape index (κ1) is 9.48. The fraction of sp³-hybridized carbons (Fsp3) is 0.875. The molecule has 1 aliphatic heterocycles. The quantitative estimate of drug-likeness (QED) is 0.682. The topological polar surface area (TPSA) is 55.8 Å². The lowest BCUT2D eigenvalue weighted by atomic mass is 10.0. The summed E-state index contributed by atoms with van der Waals surface area (Å²) in [6.07, 6.45) is 1.77. The van der Waals surface area contributed by atoms with Crippen molar-refractivity contribution in [3.05, 3.63) is 0 Å². The van der Waals surface area contributed by atoms with Gasteiger partial charge in [-0.3, -0.25) is 0 Å². The van der Waals surface area contributed by atoms with Gasteiger partial charge in [0.05, 0.1) is 12.7 Å². The minimum atomic E-state index is -0.865. The van der Waals surface area contributed by atoms with Gasteiger partial charge in [0.15, 0.2) is 6.10 Å². The molecule has 0 bridgehead atoms. The number of ether oxygens (including phenoxy) is 2. The first-order valence-corrected chi connectivity index (χ1v) is 4.11. The van der Waals surface area contributed by atoms with Gasteiger partial charge in [-0.05, 0) is 19.3 Å². The largest absolute Gasteiger partial charge is 0.479 e. The second kappa shape index (κ2) is 4.42. The summed E-state index contributed by atoms with van der Waals surface area (Å²) in [5.41, 5.74) is 0. The van der Waals surface area contributed by atoms with E-state index in [0.29, 0.717) is 13.0 Å². The molecule has 0 amide bonds. The van der Waals surface area contributed by atoms with Crippen LogP contribution in [0.15, 0.2) is 0 Å². The molecule has 0 aromatic rings. The van der Waals surface area contributed by atoms with Gasteiger partial charge in [-0.1, -0.05) is 0 Å². The van der Waals surface area contributed by atoms with E-state index in [1.54, 1.807) is 7.11 Å². The predicted octanol–water partition coefficient (Wildman–Crippen LogP) is 0.655. The van der Waals surface area contributed by atoms with E-state index in [2.05, 4.69) is 0 Å². The van der Waals surface area contributed by atoms with E-state index in [4.69, 9.17) is 14.6 Å². The van der Waals surface area contributed by atoms with Gasteiger partial charge < -0.3 is 14.6 Å². The molecule has 0 spiro atoms. The van der Waals surface area contributed by atoms with Crippen LogP contribution in [-0.4, -0.2) is 37.0 Å². The maximum absolute atomic E-state index is 10.5. The monoisotopic (exact) mass is 174 g/mol. The molecule has 2 unspecified atom stereocenters. The van der Waals surface area contributed by atoms with E-state index < -0.39 is 12.1 Å². The third-order valence-corrected chi connectivity index (χ3v) is 1.98. The molecule has 1 saturated heterocycles. The molecule has 4 heteroatoms. The summed E-state index contributed by atoms with van der Waals surface area (Å²) in [6, 6.07) is 0. The first-order valence-electron chi connectivity index (χ1n) is 4.11. The number of hydrogen-bond donors (Lipinski definition) is 1. The Morgan fingerprint density at radius 2 is 2.42 bits per heavy atom. The van der Waals surface area contributed by atoms with Crippen molar-refractivity contribution < 1.29 is 19.4 Å². The van der Waals surface area contributed by atoms with E-state index in [1.807, 2.05) is 0 Å². The summed E-state index contributed by atoms with van der Waals surface area (Å²) in [5, 5.41) is 8.66. The number of aliphatic carboxylic acids is 1. The number of methoxy groups -OCH3 is 1. The summed E-state index contributed by atoms with van der Waals surface area (Å²) >= 11 is 0. The van der Waals surface area contributed by atoms with E-state index in [9.17, 15) is 4.79 Å². The van der Waals surface area contributed by atoms with Gasteiger partial charge >= 0.3 is 5.97 Å². The SMILES string of the molecule is COCC1CCCC(C(=O)O)O1.